The first-order valence-corrected chi connectivity index (χ1v) is 6.42. The van der Waals surface area contributed by atoms with E-state index >= 15 is 0 Å². The Morgan fingerprint density at radius 2 is 1.94 bits per heavy atom. The molecule has 0 rings (SSSR count). The maximum absolute atomic E-state index is 11.6. The molecule has 1 amide bonds. The van der Waals surface area contributed by atoms with Gasteiger partial charge in [-0.25, -0.2) is 0 Å². The molecule has 0 aliphatic carbocycles. The van der Waals surface area contributed by atoms with Gasteiger partial charge in [0.25, 0.3) is 0 Å². The molecule has 0 aromatic carbocycles. The molecule has 0 fully saturated rings. The van der Waals surface area contributed by atoms with Crippen molar-refractivity contribution in [2.24, 2.45) is 11.1 Å². The molecule has 0 bridgehead atoms. The van der Waals surface area contributed by atoms with Gasteiger partial charge in [0, 0.05) is 31.6 Å². The van der Waals surface area contributed by atoms with Gasteiger partial charge < -0.3 is 11.1 Å². The number of nitrogens with one attached hydrogen (secondary N) is 1. The van der Waals surface area contributed by atoms with E-state index in [1.54, 1.807) is 0 Å². The number of rotatable bonds is 6. The van der Waals surface area contributed by atoms with Crippen LogP contribution in [0.15, 0.2) is 0 Å². The minimum atomic E-state index is 0.0795. The lowest BCUT2D eigenvalue weighted by molar-refractivity contribution is -0.122. The van der Waals surface area contributed by atoms with Gasteiger partial charge in [-0.2, -0.15) is 0 Å². The van der Waals surface area contributed by atoms with Crippen molar-refractivity contribution in [3.8, 4) is 0 Å². The lowest BCUT2D eigenvalue weighted by Gasteiger charge is -2.39. The molecule has 0 spiro atoms. The fraction of sp³-hybridized carbons (Fsp3) is 0.923. The van der Waals surface area contributed by atoms with Crippen LogP contribution in [0.5, 0.6) is 0 Å². The molecule has 0 aliphatic heterocycles. The van der Waals surface area contributed by atoms with E-state index in [0.29, 0.717) is 25.6 Å². The zero-order chi connectivity index (χ0) is 13.6. The number of carbonyl (C=O) groups is 1. The lowest BCUT2D eigenvalue weighted by atomic mass is 9.86. The second-order valence-electron chi connectivity index (χ2n) is 5.75. The molecule has 4 nitrogen and oxygen atoms in total. The van der Waals surface area contributed by atoms with E-state index < -0.39 is 0 Å². The van der Waals surface area contributed by atoms with Crippen LogP contribution in [0.2, 0.25) is 0 Å². The van der Waals surface area contributed by atoms with E-state index in [9.17, 15) is 4.79 Å². The Morgan fingerprint density at radius 3 is 2.29 bits per heavy atom. The largest absolute Gasteiger partial charge is 0.356 e. The smallest absolute Gasteiger partial charge is 0.221 e. The zero-order valence-electron chi connectivity index (χ0n) is 12.2. The molecule has 0 aliphatic rings. The predicted molar refractivity (Wildman–Crippen MR) is 72.8 cm³/mol. The van der Waals surface area contributed by atoms with Crippen molar-refractivity contribution in [3.63, 3.8) is 0 Å². The van der Waals surface area contributed by atoms with E-state index in [1.807, 2.05) is 14.0 Å². The Kier molecular flexibility index (Phi) is 6.72. The molecule has 0 aromatic rings. The number of nitrogens with two attached hydrogens (primary N) is 1. The second-order valence-corrected chi connectivity index (χ2v) is 5.75. The van der Waals surface area contributed by atoms with Gasteiger partial charge in [0.15, 0.2) is 0 Å². The highest BCUT2D eigenvalue weighted by molar-refractivity contribution is 5.76. The summed E-state index contributed by atoms with van der Waals surface area (Å²) in [5, 5.41) is 2.82. The molecule has 4 heteroatoms. The van der Waals surface area contributed by atoms with Gasteiger partial charge in [0.05, 0.1) is 0 Å². The summed E-state index contributed by atoms with van der Waals surface area (Å²) < 4.78 is 0. The van der Waals surface area contributed by atoms with Gasteiger partial charge in [-0.15, -0.1) is 0 Å². The van der Waals surface area contributed by atoms with Gasteiger partial charge in [0.2, 0.25) is 5.91 Å². The number of likely N-dealkylation sites (N-methyl/N-ethyl adjacent to an activating group) is 1. The summed E-state index contributed by atoms with van der Waals surface area (Å²) >= 11 is 0. The average molecular weight is 243 g/mol. The van der Waals surface area contributed by atoms with E-state index in [1.165, 1.54) is 0 Å². The van der Waals surface area contributed by atoms with Crippen LogP contribution < -0.4 is 11.1 Å². The van der Waals surface area contributed by atoms with Crippen molar-refractivity contribution < 1.29 is 4.79 Å². The third-order valence-electron chi connectivity index (χ3n) is 3.51. The SMILES string of the molecule is CCNC(=O)CC(CN)N(C)C(C)C(C)(C)C. The van der Waals surface area contributed by atoms with Crippen LogP contribution in [0.4, 0.5) is 0 Å². The Labute approximate surface area is 106 Å². The molecule has 2 atom stereocenters. The first kappa shape index (κ1) is 16.4. The second kappa shape index (κ2) is 6.97. The molecule has 102 valence electrons. The van der Waals surface area contributed by atoms with Gasteiger partial charge in [-0.05, 0) is 26.3 Å². The summed E-state index contributed by atoms with van der Waals surface area (Å²) in [5.41, 5.74) is 5.96. The van der Waals surface area contributed by atoms with Gasteiger partial charge in [-0.1, -0.05) is 20.8 Å². The van der Waals surface area contributed by atoms with E-state index in [0.717, 1.165) is 0 Å². The summed E-state index contributed by atoms with van der Waals surface area (Å²) in [6, 6.07) is 0.487. The highest BCUT2D eigenvalue weighted by Gasteiger charge is 2.28. The minimum absolute atomic E-state index is 0.0795. The van der Waals surface area contributed by atoms with Gasteiger partial charge in [-0.3, -0.25) is 9.69 Å². The third kappa shape index (κ3) is 5.50. The normalized spacial score (nSPS) is 15.8. The standard InChI is InChI=1S/C13H29N3O/c1-7-15-12(17)8-11(9-14)16(6)10(2)13(3,4)5/h10-11H,7-9,14H2,1-6H3,(H,15,17). The molecule has 0 saturated heterocycles. The third-order valence-corrected chi connectivity index (χ3v) is 3.51. The van der Waals surface area contributed by atoms with Crippen LogP contribution in [-0.2, 0) is 4.79 Å². The highest BCUT2D eigenvalue weighted by Crippen LogP contribution is 2.24. The molecular formula is C13H29N3O. The lowest BCUT2D eigenvalue weighted by Crippen LogP contribution is -2.49. The van der Waals surface area contributed by atoms with Crippen molar-refractivity contribution >= 4 is 5.91 Å². The first-order valence-electron chi connectivity index (χ1n) is 6.42. The number of carbonyl (C=O) groups excluding carboxylic acids is 1. The van der Waals surface area contributed by atoms with Crippen LogP contribution in [0.3, 0.4) is 0 Å². The summed E-state index contributed by atoms with van der Waals surface area (Å²) in [6.45, 7) is 11.9. The summed E-state index contributed by atoms with van der Waals surface area (Å²) in [4.78, 5) is 13.8. The van der Waals surface area contributed by atoms with E-state index in [-0.39, 0.29) is 17.4 Å². The molecule has 0 radical (unpaired) electrons. The van der Waals surface area contributed by atoms with Crippen molar-refractivity contribution in [2.45, 2.75) is 53.1 Å². The van der Waals surface area contributed by atoms with Crippen LogP contribution >= 0.6 is 0 Å². The Hall–Kier alpha value is -0.610. The summed E-state index contributed by atoms with van der Waals surface area (Å²) in [5.74, 6) is 0.0795. The fourth-order valence-electron chi connectivity index (χ4n) is 1.80. The number of amides is 1. The van der Waals surface area contributed by atoms with Crippen molar-refractivity contribution in [3.05, 3.63) is 0 Å². The van der Waals surface area contributed by atoms with Gasteiger partial charge >= 0.3 is 0 Å². The van der Waals surface area contributed by atoms with Crippen LogP contribution in [0.1, 0.15) is 41.0 Å². The van der Waals surface area contributed by atoms with Crippen LogP contribution in [0, 0.1) is 5.41 Å². The molecule has 0 aromatic heterocycles. The topological polar surface area (TPSA) is 58.4 Å². The number of hydrogen-bond acceptors (Lipinski definition) is 3. The zero-order valence-corrected chi connectivity index (χ0v) is 12.2. The molecular weight excluding hydrogens is 214 g/mol. The van der Waals surface area contributed by atoms with Crippen LogP contribution in [-0.4, -0.2) is 43.0 Å². The molecule has 3 N–H and O–H groups in total. The van der Waals surface area contributed by atoms with Crippen molar-refractivity contribution in [1.82, 2.24) is 10.2 Å². The fourth-order valence-corrected chi connectivity index (χ4v) is 1.80. The maximum atomic E-state index is 11.6. The molecule has 17 heavy (non-hydrogen) atoms. The molecule has 0 saturated carbocycles. The average Bonchev–Trinajstić information content (AvgIpc) is 2.23. The molecule has 0 heterocycles. The maximum Gasteiger partial charge on any atom is 0.221 e. The molecule has 2 unspecified atom stereocenters. The van der Waals surface area contributed by atoms with Crippen molar-refractivity contribution in [2.75, 3.05) is 20.1 Å². The monoisotopic (exact) mass is 243 g/mol. The summed E-state index contributed by atoms with van der Waals surface area (Å²) in [6.07, 6.45) is 0.473. The first-order chi connectivity index (χ1) is 7.73. The Balaban J connectivity index is 4.50. The Morgan fingerprint density at radius 1 is 1.41 bits per heavy atom. The van der Waals surface area contributed by atoms with E-state index in [2.05, 4.69) is 37.9 Å². The Bertz CT molecular complexity index is 235. The van der Waals surface area contributed by atoms with Crippen LogP contribution in [0.25, 0.3) is 0 Å². The predicted octanol–water partition coefficient (Wildman–Crippen LogP) is 1.21. The number of nitrogens with zero attached hydrogens (tertiary/aromatic N) is 1. The summed E-state index contributed by atoms with van der Waals surface area (Å²) in [7, 11) is 2.05. The quantitative estimate of drug-likeness (QED) is 0.737. The van der Waals surface area contributed by atoms with E-state index in [4.69, 9.17) is 5.73 Å². The highest BCUT2D eigenvalue weighted by atomic mass is 16.1. The minimum Gasteiger partial charge on any atom is -0.356 e. The number of hydrogen-bond donors (Lipinski definition) is 2. The van der Waals surface area contributed by atoms with Gasteiger partial charge in [0.1, 0.15) is 0 Å². The van der Waals surface area contributed by atoms with Crippen molar-refractivity contribution in [1.29, 1.82) is 0 Å².